The maximum atomic E-state index is 6.35. The average Bonchev–Trinajstić information content (AvgIpc) is 3.82. The maximum absolute atomic E-state index is 6.35. The summed E-state index contributed by atoms with van der Waals surface area (Å²) in [6.45, 7) is 0. The molecule has 0 saturated carbocycles. The molecule has 47 heavy (non-hydrogen) atoms. The lowest BCUT2D eigenvalue weighted by Crippen LogP contribution is -2.01. The van der Waals surface area contributed by atoms with Crippen LogP contribution in [0.25, 0.3) is 105 Å². The Morgan fingerprint density at radius 2 is 1.13 bits per heavy atom. The van der Waals surface area contributed by atoms with Crippen molar-refractivity contribution >= 4 is 82.4 Å². The average molecular weight is 603 g/mol. The number of imidazole rings is 1. The van der Waals surface area contributed by atoms with Gasteiger partial charge < -0.3 is 8.83 Å². The van der Waals surface area contributed by atoms with Crippen LogP contribution in [0, 0.1) is 0 Å². The molecule has 5 aromatic heterocycles. The zero-order valence-electron chi connectivity index (χ0n) is 24.8. The highest BCUT2D eigenvalue weighted by atomic mass is 16.3. The molecule has 0 N–H and O–H groups in total. The maximum Gasteiger partial charge on any atom is 0.162 e. The first-order valence-corrected chi connectivity index (χ1v) is 15.6. The summed E-state index contributed by atoms with van der Waals surface area (Å²) in [5, 5.41) is 7.28. The topological polar surface area (TPSA) is 69.4 Å². The highest BCUT2D eigenvalue weighted by molar-refractivity contribution is 6.21. The van der Waals surface area contributed by atoms with Gasteiger partial charge in [0.25, 0.3) is 0 Å². The fourth-order valence-corrected chi connectivity index (χ4v) is 7.34. The molecule has 6 heteroatoms. The molecular formula is C41H22N4O2. The lowest BCUT2D eigenvalue weighted by Gasteiger charge is -2.15. The predicted molar refractivity (Wildman–Crippen MR) is 189 cm³/mol. The van der Waals surface area contributed by atoms with Crippen LogP contribution < -0.4 is 0 Å². The second kappa shape index (κ2) is 9.02. The second-order valence-corrected chi connectivity index (χ2v) is 12.0. The van der Waals surface area contributed by atoms with Crippen LogP contribution in [0.5, 0.6) is 0 Å². The summed E-state index contributed by atoms with van der Waals surface area (Å²) in [6.07, 6.45) is 0. The fraction of sp³-hybridized carbons (Fsp3) is 0. The Bertz CT molecular complexity index is 3090. The lowest BCUT2D eigenvalue weighted by atomic mass is 9.98. The van der Waals surface area contributed by atoms with Crippen molar-refractivity contribution in [2.24, 2.45) is 0 Å². The number of nitrogens with zero attached hydrogens (tertiary/aromatic N) is 4. The first kappa shape index (κ1) is 24.8. The van der Waals surface area contributed by atoms with E-state index in [2.05, 4.69) is 83.3 Å². The molecule has 0 unspecified atom stereocenters. The smallest absolute Gasteiger partial charge is 0.162 e. The highest BCUT2D eigenvalue weighted by Crippen LogP contribution is 2.42. The van der Waals surface area contributed by atoms with Crippen LogP contribution in [-0.2, 0) is 0 Å². The molecule has 6 nitrogen and oxygen atoms in total. The van der Waals surface area contributed by atoms with Crippen LogP contribution in [0.1, 0.15) is 0 Å². The molecule has 0 bridgehead atoms. The number of rotatable bonds is 2. The number of pyridine rings is 1. The second-order valence-electron chi connectivity index (χ2n) is 12.0. The van der Waals surface area contributed by atoms with Gasteiger partial charge in [0.05, 0.1) is 22.1 Å². The van der Waals surface area contributed by atoms with Crippen LogP contribution in [0.4, 0.5) is 0 Å². The Morgan fingerprint density at radius 1 is 0.447 bits per heavy atom. The Balaban J connectivity index is 1.34. The molecule has 0 aliphatic heterocycles. The van der Waals surface area contributed by atoms with E-state index < -0.39 is 0 Å². The normalized spacial score (nSPS) is 12.3. The van der Waals surface area contributed by atoms with E-state index in [0.717, 1.165) is 99.2 Å². The lowest BCUT2D eigenvalue weighted by molar-refractivity contribution is 0.668. The minimum atomic E-state index is 0.606. The largest absolute Gasteiger partial charge is 0.456 e. The van der Waals surface area contributed by atoms with Gasteiger partial charge in [0.1, 0.15) is 28.0 Å². The summed E-state index contributed by atoms with van der Waals surface area (Å²) in [6, 6.07) is 45.4. The quantitative estimate of drug-likeness (QED) is 0.184. The predicted octanol–water partition coefficient (Wildman–Crippen LogP) is 10.7. The molecule has 0 spiro atoms. The molecule has 0 fully saturated rings. The third-order valence-electron chi connectivity index (χ3n) is 9.39. The number of para-hydroxylation sites is 4. The third kappa shape index (κ3) is 3.36. The van der Waals surface area contributed by atoms with Gasteiger partial charge in [-0.2, -0.15) is 0 Å². The molecule has 218 valence electrons. The first-order valence-electron chi connectivity index (χ1n) is 15.6. The van der Waals surface area contributed by atoms with Gasteiger partial charge in [-0.25, -0.2) is 15.0 Å². The molecular weight excluding hydrogens is 580 g/mol. The van der Waals surface area contributed by atoms with E-state index in [0.29, 0.717) is 5.82 Å². The number of benzene rings is 6. The molecule has 11 rings (SSSR count). The monoisotopic (exact) mass is 602 g/mol. The van der Waals surface area contributed by atoms with E-state index in [1.54, 1.807) is 0 Å². The van der Waals surface area contributed by atoms with Crippen molar-refractivity contribution in [1.29, 1.82) is 0 Å². The zero-order valence-corrected chi connectivity index (χ0v) is 24.8. The van der Waals surface area contributed by atoms with Crippen molar-refractivity contribution in [3.8, 4) is 22.6 Å². The molecule has 0 radical (unpaired) electrons. The van der Waals surface area contributed by atoms with Gasteiger partial charge in [-0.15, -0.1) is 0 Å². The highest BCUT2D eigenvalue weighted by Gasteiger charge is 2.23. The number of furan rings is 2. The summed E-state index contributed by atoms with van der Waals surface area (Å²) in [5.41, 5.74) is 9.58. The van der Waals surface area contributed by atoms with E-state index in [1.807, 2.05) is 54.6 Å². The van der Waals surface area contributed by atoms with Gasteiger partial charge in [0, 0.05) is 38.1 Å². The van der Waals surface area contributed by atoms with Gasteiger partial charge in [0.15, 0.2) is 11.5 Å². The summed E-state index contributed by atoms with van der Waals surface area (Å²) >= 11 is 0. The standard InChI is InChI=1S/C41H22N4O2/c1-2-12-27-26(11-1)37-38(29-14-9-19-34-36(29)28-13-4-8-18-33(28)46-34)43-39(44-41(37)45-31-16-6-5-15-30(31)42-40(27)45)23-20-21-25-24-10-3-7-17-32(24)47-35(25)22-23/h1-22H. The Kier molecular flexibility index (Phi) is 4.75. The number of fused-ring (bicyclic) bond motifs is 14. The number of hydrogen-bond donors (Lipinski definition) is 0. The fourth-order valence-electron chi connectivity index (χ4n) is 7.34. The molecule has 11 aromatic rings. The van der Waals surface area contributed by atoms with Crippen LogP contribution in [-0.4, -0.2) is 19.4 Å². The van der Waals surface area contributed by atoms with E-state index in [-0.39, 0.29) is 0 Å². The summed E-state index contributed by atoms with van der Waals surface area (Å²) < 4.78 is 14.8. The van der Waals surface area contributed by atoms with Crippen molar-refractivity contribution < 1.29 is 8.83 Å². The minimum Gasteiger partial charge on any atom is -0.456 e. The SMILES string of the molecule is c1ccc2c(c1)nc1c3ccccc3c3c(-c4cccc5oc6ccccc6c45)nc(-c4ccc5c(c4)oc4ccccc45)nc3n21. The van der Waals surface area contributed by atoms with Gasteiger partial charge in [-0.05, 0) is 47.9 Å². The molecule has 0 saturated heterocycles. The summed E-state index contributed by atoms with van der Waals surface area (Å²) in [4.78, 5) is 15.9. The van der Waals surface area contributed by atoms with E-state index in [4.69, 9.17) is 23.8 Å². The summed E-state index contributed by atoms with van der Waals surface area (Å²) in [5.74, 6) is 0.606. The van der Waals surface area contributed by atoms with Crippen molar-refractivity contribution in [2.75, 3.05) is 0 Å². The Labute approximate surface area is 266 Å². The third-order valence-corrected chi connectivity index (χ3v) is 9.39. The zero-order chi connectivity index (χ0) is 30.6. The van der Waals surface area contributed by atoms with Crippen molar-refractivity contribution in [3.63, 3.8) is 0 Å². The van der Waals surface area contributed by atoms with Gasteiger partial charge >= 0.3 is 0 Å². The molecule has 6 aromatic carbocycles. The summed E-state index contributed by atoms with van der Waals surface area (Å²) in [7, 11) is 0. The Morgan fingerprint density at radius 3 is 2.02 bits per heavy atom. The van der Waals surface area contributed by atoms with Crippen LogP contribution >= 0.6 is 0 Å². The van der Waals surface area contributed by atoms with Crippen LogP contribution in [0.15, 0.2) is 142 Å². The van der Waals surface area contributed by atoms with Gasteiger partial charge in [0.2, 0.25) is 0 Å². The molecule has 0 aliphatic rings. The molecule has 0 amide bonds. The van der Waals surface area contributed by atoms with Crippen molar-refractivity contribution in [2.45, 2.75) is 0 Å². The first-order chi connectivity index (χ1) is 23.3. The van der Waals surface area contributed by atoms with Crippen LogP contribution in [0.2, 0.25) is 0 Å². The van der Waals surface area contributed by atoms with Crippen LogP contribution in [0.3, 0.4) is 0 Å². The Hall–Kier alpha value is -6.53. The van der Waals surface area contributed by atoms with Crippen molar-refractivity contribution in [3.05, 3.63) is 133 Å². The van der Waals surface area contributed by atoms with E-state index in [9.17, 15) is 0 Å². The minimum absolute atomic E-state index is 0.606. The van der Waals surface area contributed by atoms with Gasteiger partial charge in [-0.3, -0.25) is 4.40 Å². The van der Waals surface area contributed by atoms with Gasteiger partial charge in [-0.1, -0.05) is 91.0 Å². The number of aromatic nitrogens is 4. The number of hydrogen-bond acceptors (Lipinski definition) is 5. The van der Waals surface area contributed by atoms with E-state index >= 15 is 0 Å². The van der Waals surface area contributed by atoms with Crippen molar-refractivity contribution in [1.82, 2.24) is 19.4 Å². The molecule has 0 aliphatic carbocycles. The molecule has 5 heterocycles. The van der Waals surface area contributed by atoms with E-state index in [1.165, 1.54) is 0 Å². The molecule has 0 atom stereocenters.